The van der Waals surface area contributed by atoms with Crippen molar-refractivity contribution in [1.29, 1.82) is 0 Å². The molecule has 3 nitrogen and oxygen atoms in total. The molecule has 0 unspecified atom stereocenters. The first-order valence-corrected chi connectivity index (χ1v) is 7.12. The van der Waals surface area contributed by atoms with Gasteiger partial charge in [-0.25, -0.2) is 4.39 Å². The molecule has 3 rings (SSSR count). The van der Waals surface area contributed by atoms with Gasteiger partial charge in [-0.3, -0.25) is 4.98 Å². The number of halogens is 2. The van der Waals surface area contributed by atoms with Crippen LogP contribution in [0.4, 0.5) is 10.1 Å². The van der Waals surface area contributed by atoms with E-state index in [9.17, 15) is 4.39 Å². The summed E-state index contributed by atoms with van der Waals surface area (Å²) in [5, 5.41) is 4.29. The van der Waals surface area contributed by atoms with Gasteiger partial charge in [0.2, 0.25) is 0 Å². The third kappa shape index (κ3) is 2.21. The Morgan fingerprint density at radius 1 is 1.47 bits per heavy atom. The summed E-state index contributed by atoms with van der Waals surface area (Å²) in [4.78, 5) is 4.58. The number of anilines is 1. The molecule has 0 aliphatic carbocycles. The SMILES string of the molecule is CCNc1c2c(nc3cc(F)c(Br)cc13)CCOC2. The van der Waals surface area contributed by atoms with Gasteiger partial charge in [-0.1, -0.05) is 0 Å². The predicted octanol–water partition coefficient (Wildman–Crippen LogP) is 3.64. The van der Waals surface area contributed by atoms with E-state index in [1.165, 1.54) is 6.07 Å². The van der Waals surface area contributed by atoms with Crippen molar-refractivity contribution >= 4 is 32.5 Å². The van der Waals surface area contributed by atoms with E-state index in [4.69, 9.17) is 4.74 Å². The molecular formula is C14H14BrFN2O. The minimum absolute atomic E-state index is 0.283. The topological polar surface area (TPSA) is 34.2 Å². The first kappa shape index (κ1) is 12.8. The van der Waals surface area contributed by atoms with Gasteiger partial charge >= 0.3 is 0 Å². The highest BCUT2D eigenvalue weighted by molar-refractivity contribution is 9.10. The molecule has 0 bridgehead atoms. The molecule has 1 N–H and O–H groups in total. The van der Waals surface area contributed by atoms with Crippen molar-refractivity contribution in [1.82, 2.24) is 4.98 Å². The van der Waals surface area contributed by atoms with Gasteiger partial charge in [0.15, 0.2) is 0 Å². The monoisotopic (exact) mass is 324 g/mol. The average Bonchev–Trinajstić information content (AvgIpc) is 2.41. The van der Waals surface area contributed by atoms with Gasteiger partial charge in [0.05, 0.1) is 34.6 Å². The van der Waals surface area contributed by atoms with Gasteiger partial charge in [-0.15, -0.1) is 0 Å². The van der Waals surface area contributed by atoms with Gasteiger partial charge in [-0.05, 0) is 28.9 Å². The lowest BCUT2D eigenvalue weighted by molar-refractivity contribution is 0.110. The summed E-state index contributed by atoms with van der Waals surface area (Å²) in [7, 11) is 0. The molecule has 1 aromatic carbocycles. The van der Waals surface area contributed by atoms with Crippen LogP contribution in [0.15, 0.2) is 16.6 Å². The van der Waals surface area contributed by atoms with Crippen LogP contribution in [-0.2, 0) is 17.8 Å². The first-order valence-electron chi connectivity index (χ1n) is 6.32. The summed E-state index contributed by atoms with van der Waals surface area (Å²) in [6.45, 7) is 4.09. The van der Waals surface area contributed by atoms with Crippen molar-refractivity contribution in [3.05, 3.63) is 33.7 Å². The Morgan fingerprint density at radius 3 is 3.11 bits per heavy atom. The van der Waals surface area contributed by atoms with Crippen molar-refractivity contribution in [2.45, 2.75) is 20.0 Å². The van der Waals surface area contributed by atoms with E-state index >= 15 is 0 Å². The highest BCUT2D eigenvalue weighted by Gasteiger charge is 2.19. The Hall–Kier alpha value is -1.20. The number of hydrogen-bond acceptors (Lipinski definition) is 3. The quantitative estimate of drug-likeness (QED) is 0.915. The Morgan fingerprint density at radius 2 is 2.32 bits per heavy atom. The minimum Gasteiger partial charge on any atom is -0.384 e. The molecule has 1 aliphatic rings. The van der Waals surface area contributed by atoms with E-state index < -0.39 is 0 Å². The smallest absolute Gasteiger partial charge is 0.139 e. The van der Waals surface area contributed by atoms with Crippen LogP contribution in [-0.4, -0.2) is 18.1 Å². The summed E-state index contributed by atoms with van der Waals surface area (Å²) >= 11 is 3.24. The molecule has 0 saturated carbocycles. The second-order valence-electron chi connectivity index (χ2n) is 4.53. The highest BCUT2D eigenvalue weighted by atomic mass is 79.9. The number of nitrogens with one attached hydrogen (secondary N) is 1. The van der Waals surface area contributed by atoms with E-state index in [-0.39, 0.29) is 5.82 Å². The van der Waals surface area contributed by atoms with Crippen LogP contribution in [0.25, 0.3) is 10.9 Å². The maximum atomic E-state index is 13.7. The molecule has 5 heteroatoms. The van der Waals surface area contributed by atoms with Crippen molar-refractivity contribution in [2.24, 2.45) is 0 Å². The van der Waals surface area contributed by atoms with Crippen LogP contribution in [0.5, 0.6) is 0 Å². The Kier molecular flexibility index (Phi) is 3.41. The van der Waals surface area contributed by atoms with E-state index in [1.54, 1.807) is 6.07 Å². The average molecular weight is 325 g/mol. The van der Waals surface area contributed by atoms with Crippen LogP contribution in [0, 0.1) is 5.82 Å². The fraction of sp³-hybridized carbons (Fsp3) is 0.357. The molecule has 1 aromatic heterocycles. The lowest BCUT2D eigenvalue weighted by Crippen LogP contribution is -2.15. The third-order valence-electron chi connectivity index (χ3n) is 3.30. The van der Waals surface area contributed by atoms with Gasteiger partial charge < -0.3 is 10.1 Å². The molecule has 0 atom stereocenters. The third-order valence-corrected chi connectivity index (χ3v) is 3.90. The number of ether oxygens (including phenoxy) is 1. The van der Waals surface area contributed by atoms with Gasteiger partial charge in [0.25, 0.3) is 0 Å². The number of fused-ring (bicyclic) bond motifs is 2. The molecule has 0 fully saturated rings. The molecule has 0 spiro atoms. The molecule has 2 heterocycles. The molecule has 1 aliphatic heterocycles. The second kappa shape index (κ2) is 5.06. The minimum atomic E-state index is -0.283. The van der Waals surface area contributed by atoms with Crippen LogP contribution in [0.3, 0.4) is 0 Å². The maximum absolute atomic E-state index is 13.7. The summed E-state index contributed by atoms with van der Waals surface area (Å²) in [5.41, 5.74) is 3.82. The van der Waals surface area contributed by atoms with E-state index in [0.717, 1.165) is 35.3 Å². The highest BCUT2D eigenvalue weighted by Crippen LogP contribution is 2.34. The molecule has 0 saturated heterocycles. The maximum Gasteiger partial charge on any atom is 0.139 e. The molecule has 0 amide bonds. The zero-order chi connectivity index (χ0) is 13.4. The van der Waals surface area contributed by atoms with Gasteiger partial charge in [0, 0.05) is 30.0 Å². The van der Waals surface area contributed by atoms with E-state index in [0.29, 0.717) is 23.2 Å². The fourth-order valence-corrected chi connectivity index (χ4v) is 2.78. The van der Waals surface area contributed by atoms with Crippen molar-refractivity contribution in [3.63, 3.8) is 0 Å². The summed E-state index contributed by atoms with van der Waals surface area (Å²) < 4.78 is 19.6. The standard InChI is InChI=1S/C14H14BrFN2O/c1-2-17-14-8-5-10(15)11(16)6-13(8)18-12-3-4-19-7-9(12)14/h5-6H,2-4,7H2,1H3,(H,17,18). The number of pyridine rings is 1. The lowest BCUT2D eigenvalue weighted by atomic mass is 10.0. The van der Waals surface area contributed by atoms with Crippen molar-refractivity contribution in [3.8, 4) is 0 Å². The normalized spacial score (nSPS) is 14.5. The van der Waals surface area contributed by atoms with Crippen LogP contribution in [0.1, 0.15) is 18.2 Å². The van der Waals surface area contributed by atoms with Crippen molar-refractivity contribution < 1.29 is 9.13 Å². The van der Waals surface area contributed by atoms with E-state index in [2.05, 4.69) is 26.2 Å². The number of benzene rings is 1. The predicted molar refractivity (Wildman–Crippen MR) is 76.9 cm³/mol. The summed E-state index contributed by atoms with van der Waals surface area (Å²) in [6.07, 6.45) is 0.779. The van der Waals surface area contributed by atoms with Crippen LogP contribution < -0.4 is 5.32 Å². The van der Waals surface area contributed by atoms with Crippen molar-refractivity contribution in [2.75, 3.05) is 18.5 Å². The van der Waals surface area contributed by atoms with Crippen LogP contribution >= 0.6 is 15.9 Å². The summed E-state index contributed by atoms with van der Waals surface area (Å²) in [5.74, 6) is -0.283. The number of rotatable bonds is 2. The largest absolute Gasteiger partial charge is 0.384 e. The fourth-order valence-electron chi connectivity index (χ4n) is 2.43. The Balaban J connectivity index is 2.32. The van der Waals surface area contributed by atoms with Gasteiger partial charge in [-0.2, -0.15) is 0 Å². The zero-order valence-electron chi connectivity index (χ0n) is 10.6. The molecular weight excluding hydrogens is 311 g/mol. The van der Waals surface area contributed by atoms with Gasteiger partial charge in [0.1, 0.15) is 5.82 Å². The molecule has 100 valence electrons. The lowest BCUT2D eigenvalue weighted by Gasteiger charge is -2.21. The Labute approximate surface area is 119 Å². The second-order valence-corrected chi connectivity index (χ2v) is 5.38. The number of nitrogens with zero attached hydrogens (tertiary/aromatic N) is 1. The van der Waals surface area contributed by atoms with E-state index in [1.807, 2.05) is 6.92 Å². The number of hydrogen-bond donors (Lipinski definition) is 1. The molecule has 2 aromatic rings. The molecule has 0 radical (unpaired) electrons. The Bertz CT molecular complexity index is 645. The zero-order valence-corrected chi connectivity index (χ0v) is 12.2. The molecule has 19 heavy (non-hydrogen) atoms. The summed E-state index contributed by atoms with van der Waals surface area (Å²) in [6, 6.07) is 3.26. The number of aromatic nitrogens is 1. The van der Waals surface area contributed by atoms with Crippen LogP contribution in [0.2, 0.25) is 0 Å². The first-order chi connectivity index (χ1) is 9.20.